The molecule has 0 saturated carbocycles. The largest absolute Gasteiger partial charge is 0.339 e. The lowest BCUT2D eigenvalue weighted by Crippen LogP contribution is -2.42. The van der Waals surface area contributed by atoms with Crippen molar-refractivity contribution < 1.29 is 8.78 Å². The monoisotopic (exact) mass is 376 g/mol. The van der Waals surface area contributed by atoms with Gasteiger partial charge in [-0.2, -0.15) is 4.98 Å². The minimum Gasteiger partial charge on any atom is -0.339 e. The first-order valence-corrected chi connectivity index (χ1v) is 8.90. The smallest absolute Gasteiger partial charge is 0.245 e. The highest BCUT2D eigenvalue weighted by molar-refractivity contribution is 6.41. The van der Waals surface area contributed by atoms with E-state index >= 15 is 0 Å². The molecule has 0 aromatic carbocycles. The first kappa shape index (κ1) is 17.8. The van der Waals surface area contributed by atoms with E-state index in [-0.39, 0.29) is 6.17 Å². The molecule has 10 heteroatoms. The zero-order chi connectivity index (χ0) is 19.1. The van der Waals surface area contributed by atoms with Crippen molar-refractivity contribution in [2.45, 2.75) is 32.9 Å². The number of aromatic nitrogens is 3. The highest BCUT2D eigenvalue weighted by Crippen LogP contribution is 2.26. The van der Waals surface area contributed by atoms with Crippen LogP contribution < -0.4 is 10.3 Å². The Kier molecular flexibility index (Phi) is 4.50. The van der Waals surface area contributed by atoms with Gasteiger partial charge in [0.05, 0.1) is 11.4 Å². The summed E-state index contributed by atoms with van der Waals surface area (Å²) in [6.07, 6.45) is 3.46. The van der Waals surface area contributed by atoms with Crippen molar-refractivity contribution in [3.8, 4) is 0 Å². The van der Waals surface area contributed by atoms with Crippen LogP contribution in [-0.2, 0) is 7.05 Å². The standard InChI is InChI=1S/C17H22F2N8/c1-10-8-20-11(2)16-21-13(23-27(10)16)4-5-14-22-17(24-25(14)3)26-7-6-12(9-26)15(18)19/h4-5,8,12-13,15,23H,6-7,9H2,1-3H3/b5-4+. The van der Waals surface area contributed by atoms with E-state index in [1.165, 1.54) is 0 Å². The molecular formula is C17H22F2N8. The van der Waals surface area contributed by atoms with Crippen molar-refractivity contribution in [1.82, 2.24) is 25.2 Å². The number of amidine groups is 1. The van der Waals surface area contributed by atoms with Crippen LogP contribution in [0.25, 0.3) is 6.08 Å². The minimum absolute atomic E-state index is 0.234. The number of rotatable bonds is 4. The molecule has 1 N–H and O–H groups in total. The number of nitrogens with zero attached hydrogens (tertiary/aromatic N) is 7. The molecule has 3 aliphatic heterocycles. The number of fused-ring (bicyclic) bond motifs is 1. The van der Waals surface area contributed by atoms with Crippen molar-refractivity contribution in [2.24, 2.45) is 23.0 Å². The fourth-order valence-corrected chi connectivity index (χ4v) is 3.34. The Hall–Kier alpha value is -2.62. The molecule has 0 radical (unpaired) electrons. The molecule has 3 aliphatic rings. The van der Waals surface area contributed by atoms with Gasteiger partial charge in [-0.3, -0.25) is 10.0 Å². The second-order valence-corrected chi connectivity index (χ2v) is 6.93. The summed E-state index contributed by atoms with van der Waals surface area (Å²) in [6.45, 7) is 4.73. The number of halogens is 2. The summed E-state index contributed by atoms with van der Waals surface area (Å²) in [5, 5.41) is 6.28. The van der Waals surface area contributed by atoms with Crippen LogP contribution in [-0.4, -0.2) is 57.0 Å². The van der Waals surface area contributed by atoms with Crippen molar-refractivity contribution >= 4 is 23.6 Å². The number of hydrogen-bond acceptors (Lipinski definition) is 7. The molecule has 1 aromatic heterocycles. The second-order valence-electron chi connectivity index (χ2n) is 6.93. The third-order valence-electron chi connectivity index (χ3n) is 4.93. The summed E-state index contributed by atoms with van der Waals surface area (Å²) in [4.78, 5) is 15.2. The van der Waals surface area contributed by atoms with Gasteiger partial charge in [0.25, 0.3) is 0 Å². The third kappa shape index (κ3) is 3.36. The van der Waals surface area contributed by atoms with Gasteiger partial charge in [-0.1, -0.05) is 0 Å². The Labute approximate surface area is 155 Å². The van der Waals surface area contributed by atoms with Gasteiger partial charge in [0.2, 0.25) is 12.4 Å². The maximum atomic E-state index is 12.9. The lowest BCUT2D eigenvalue weighted by atomic mass is 10.1. The minimum atomic E-state index is -2.30. The van der Waals surface area contributed by atoms with Gasteiger partial charge in [-0.05, 0) is 32.4 Å². The topological polar surface area (TPSA) is 73.9 Å². The number of hydrogen-bond donors (Lipinski definition) is 1. The fourth-order valence-electron chi connectivity index (χ4n) is 3.34. The molecule has 0 bridgehead atoms. The normalized spacial score (nSPS) is 25.3. The Morgan fingerprint density at radius 3 is 2.85 bits per heavy atom. The molecule has 2 unspecified atom stereocenters. The molecule has 1 fully saturated rings. The van der Waals surface area contributed by atoms with Crippen LogP contribution in [0, 0.1) is 5.92 Å². The summed E-state index contributed by atoms with van der Waals surface area (Å²) in [5.41, 5.74) is 5.11. The highest BCUT2D eigenvalue weighted by atomic mass is 19.3. The van der Waals surface area contributed by atoms with E-state index in [4.69, 9.17) is 0 Å². The Balaban J connectivity index is 1.46. The van der Waals surface area contributed by atoms with E-state index in [1.54, 1.807) is 17.9 Å². The van der Waals surface area contributed by atoms with E-state index in [0.29, 0.717) is 31.3 Å². The molecule has 1 aromatic rings. The molecule has 0 spiro atoms. The highest BCUT2D eigenvalue weighted by Gasteiger charge is 2.31. The van der Waals surface area contributed by atoms with Crippen LogP contribution in [0.1, 0.15) is 26.1 Å². The van der Waals surface area contributed by atoms with E-state index in [9.17, 15) is 8.78 Å². The van der Waals surface area contributed by atoms with Gasteiger partial charge < -0.3 is 4.90 Å². The fraction of sp³-hybridized carbons (Fsp3) is 0.529. The van der Waals surface area contributed by atoms with Gasteiger partial charge in [0, 0.05) is 32.3 Å². The van der Waals surface area contributed by atoms with Gasteiger partial charge in [0.15, 0.2) is 11.7 Å². The lowest BCUT2D eigenvalue weighted by Gasteiger charge is -2.23. The van der Waals surface area contributed by atoms with Gasteiger partial charge in [-0.25, -0.2) is 23.9 Å². The van der Waals surface area contributed by atoms with Gasteiger partial charge in [0.1, 0.15) is 6.17 Å². The van der Waals surface area contributed by atoms with Crippen LogP contribution in [0.3, 0.4) is 0 Å². The molecule has 27 heavy (non-hydrogen) atoms. The molecule has 2 atom stereocenters. The molecule has 0 amide bonds. The first-order chi connectivity index (χ1) is 12.9. The van der Waals surface area contributed by atoms with Crippen LogP contribution in [0.15, 0.2) is 28.0 Å². The number of hydrazine groups is 1. The summed E-state index contributed by atoms with van der Waals surface area (Å²) < 4.78 is 27.4. The molecule has 0 aliphatic carbocycles. The van der Waals surface area contributed by atoms with Crippen LogP contribution in [0.5, 0.6) is 0 Å². The third-order valence-corrected chi connectivity index (χ3v) is 4.93. The second kappa shape index (κ2) is 6.84. The first-order valence-electron chi connectivity index (χ1n) is 8.90. The zero-order valence-corrected chi connectivity index (χ0v) is 15.5. The van der Waals surface area contributed by atoms with Crippen molar-refractivity contribution in [2.75, 3.05) is 18.0 Å². The van der Waals surface area contributed by atoms with Gasteiger partial charge >= 0.3 is 0 Å². The summed E-state index contributed by atoms with van der Waals surface area (Å²) in [5.74, 6) is 1.34. The van der Waals surface area contributed by atoms with E-state index in [0.717, 1.165) is 17.2 Å². The number of allylic oxidation sites excluding steroid dienone is 1. The predicted molar refractivity (Wildman–Crippen MR) is 99.4 cm³/mol. The number of alkyl halides is 2. The van der Waals surface area contributed by atoms with E-state index in [2.05, 4.69) is 25.5 Å². The lowest BCUT2D eigenvalue weighted by molar-refractivity contribution is 0.0879. The summed E-state index contributed by atoms with van der Waals surface area (Å²) in [6, 6.07) is 0. The average Bonchev–Trinajstić information content (AvgIpc) is 3.34. The molecule has 144 valence electrons. The Bertz CT molecular complexity index is 853. The quantitative estimate of drug-likeness (QED) is 0.868. The number of aliphatic imine (C=N–C) groups is 2. The predicted octanol–water partition coefficient (Wildman–Crippen LogP) is 1.80. The number of nitrogens with one attached hydrogen (secondary N) is 1. The summed E-state index contributed by atoms with van der Waals surface area (Å²) >= 11 is 0. The van der Waals surface area contributed by atoms with Gasteiger partial charge in [-0.15, -0.1) is 5.10 Å². The summed E-state index contributed by atoms with van der Waals surface area (Å²) in [7, 11) is 1.79. The zero-order valence-electron chi connectivity index (χ0n) is 15.5. The number of anilines is 1. The van der Waals surface area contributed by atoms with Crippen molar-refractivity contribution in [3.63, 3.8) is 0 Å². The van der Waals surface area contributed by atoms with Crippen molar-refractivity contribution in [1.29, 1.82) is 0 Å². The molecular weight excluding hydrogens is 354 g/mol. The SMILES string of the molecule is CC1=CN=C(C)C2=NC(/C=C/c3nc(N4CCC(C(F)F)C4)nn3C)NN12. The van der Waals surface area contributed by atoms with Crippen molar-refractivity contribution in [3.05, 3.63) is 23.8 Å². The van der Waals surface area contributed by atoms with Crippen LogP contribution in [0.4, 0.5) is 14.7 Å². The van der Waals surface area contributed by atoms with E-state index < -0.39 is 12.3 Å². The number of aryl methyl sites for hydroxylation is 1. The Morgan fingerprint density at radius 1 is 1.33 bits per heavy atom. The maximum Gasteiger partial charge on any atom is 0.245 e. The van der Waals surface area contributed by atoms with E-state index in [1.807, 2.05) is 35.9 Å². The average molecular weight is 376 g/mol. The molecule has 4 heterocycles. The molecule has 4 rings (SSSR count). The molecule has 1 saturated heterocycles. The molecule has 8 nitrogen and oxygen atoms in total. The Morgan fingerprint density at radius 2 is 2.15 bits per heavy atom. The maximum absolute atomic E-state index is 12.9. The van der Waals surface area contributed by atoms with Crippen LogP contribution in [0.2, 0.25) is 0 Å². The van der Waals surface area contributed by atoms with Crippen LogP contribution >= 0.6 is 0 Å².